The van der Waals surface area contributed by atoms with Gasteiger partial charge in [-0.1, -0.05) is 0 Å². The molecule has 110 valence electrons. The van der Waals surface area contributed by atoms with Gasteiger partial charge in [0.05, 0.1) is 16.8 Å². The molecule has 21 heavy (non-hydrogen) atoms. The van der Waals surface area contributed by atoms with E-state index >= 15 is 0 Å². The maximum Gasteiger partial charge on any atom is 0.283 e. The monoisotopic (exact) mass is 313 g/mol. The molecule has 1 aromatic carbocycles. The van der Waals surface area contributed by atoms with Crippen molar-refractivity contribution in [1.82, 2.24) is 9.71 Å². The molecule has 0 saturated carbocycles. The SMILES string of the molecule is Nc1ccc(C(=O)NS(=O)(=O)c2ccc(F)c(F)c2)nc1. The summed E-state index contributed by atoms with van der Waals surface area (Å²) < 4.78 is 51.3. The van der Waals surface area contributed by atoms with Crippen molar-refractivity contribution in [3.05, 3.63) is 53.9 Å². The molecule has 0 saturated heterocycles. The largest absolute Gasteiger partial charge is 0.397 e. The molecule has 0 fully saturated rings. The van der Waals surface area contributed by atoms with Gasteiger partial charge in [0.25, 0.3) is 15.9 Å². The highest BCUT2D eigenvalue weighted by molar-refractivity contribution is 7.90. The Balaban J connectivity index is 2.26. The van der Waals surface area contributed by atoms with Crippen LogP contribution in [0.2, 0.25) is 0 Å². The number of nitrogen functional groups attached to an aromatic ring is 1. The van der Waals surface area contributed by atoms with E-state index in [9.17, 15) is 22.0 Å². The Bertz CT molecular complexity index is 792. The molecule has 1 aromatic heterocycles. The molecule has 3 N–H and O–H groups in total. The topological polar surface area (TPSA) is 102 Å². The van der Waals surface area contributed by atoms with Gasteiger partial charge in [-0.25, -0.2) is 26.9 Å². The van der Waals surface area contributed by atoms with Gasteiger partial charge < -0.3 is 5.73 Å². The number of carbonyl (C=O) groups excluding carboxylic acids is 1. The number of halogens is 2. The van der Waals surface area contributed by atoms with E-state index in [1.807, 2.05) is 0 Å². The molecule has 0 radical (unpaired) electrons. The first kappa shape index (κ1) is 14.9. The summed E-state index contributed by atoms with van der Waals surface area (Å²) >= 11 is 0. The van der Waals surface area contributed by atoms with Gasteiger partial charge in [0, 0.05) is 0 Å². The van der Waals surface area contributed by atoms with Crippen molar-refractivity contribution in [2.45, 2.75) is 4.90 Å². The molecule has 1 amide bonds. The van der Waals surface area contributed by atoms with Crippen LogP contribution in [0.3, 0.4) is 0 Å². The molecule has 1 heterocycles. The third kappa shape index (κ3) is 3.31. The molecule has 0 aliphatic heterocycles. The van der Waals surface area contributed by atoms with E-state index in [0.717, 1.165) is 6.07 Å². The van der Waals surface area contributed by atoms with Gasteiger partial charge in [-0.2, -0.15) is 0 Å². The number of nitrogens with one attached hydrogen (secondary N) is 1. The predicted molar refractivity (Wildman–Crippen MR) is 69.7 cm³/mol. The maximum absolute atomic E-state index is 13.0. The highest BCUT2D eigenvalue weighted by Gasteiger charge is 2.20. The summed E-state index contributed by atoms with van der Waals surface area (Å²) in [5.74, 6) is -3.55. The van der Waals surface area contributed by atoms with Crippen LogP contribution in [0.4, 0.5) is 14.5 Å². The van der Waals surface area contributed by atoms with Crippen molar-refractivity contribution in [2.75, 3.05) is 5.73 Å². The zero-order chi connectivity index (χ0) is 15.6. The number of pyridine rings is 1. The second-order valence-corrected chi connectivity index (χ2v) is 5.67. The summed E-state index contributed by atoms with van der Waals surface area (Å²) in [6, 6.07) is 4.55. The maximum atomic E-state index is 13.0. The first-order valence-corrected chi connectivity index (χ1v) is 7.01. The lowest BCUT2D eigenvalue weighted by atomic mass is 10.3. The van der Waals surface area contributed by atoms with Gasteiger partial charge in [0.15, 0.2) is 11.6 Å². The minimum atomic E-state index is -4.33. The van der Waals surface area contributed by atoms with E-state index in [1.165, 1.54) is 18.3 Å². The molecule has 2 aromatic rings. The molecule has 0 atom stereocenters. The quantitative estimate of drug-likeness (QED) is 0.882. The predicted octanol–water partition coefficient (Wildman–Crippen LogP) is 1.06. The number of amides is 1. The standard InChI is InChI=1S/C12H9F2N3O3S/c13-9-3-2-8(5-10(9)14)21(19,20)17-12(18)11-4-1-7(15)6-16-11/h1-6H,15H2,(H,17,18). The van der Waals surface area contributed by atoms with Gasteiger partial charge in [-0.05, 0) is 30.3 Å². The van der Waals surface area contributed by atoms with Crippen LogP contribution in [0.5, 0.6) is 0 Å². The van der Waals surface area contributed by atoms with Gasteiger partial charge >= 0.3 is 0 Å². The first-order valence-electron chi connectivity index (χ1n) is 5.53. The molecule has 0 aliphatic carbocycles. The molecule has 0 bridgehead atoms. The van der Waals surface area contributed by atoms with E-state index in [-0.39, 0.29) is 5.69 Å². The molecule has 0 aliphatic rings. The van der Waals surface area contributed by atoms with Crippen LogP contribution in [0, 0.1) is 11.6 Å². The Morgan fingerprint density at radius 3 is 2.43 bits per heavy atom. The van der Waals surface area contributed by atoms with Crippen LogP contribution < -0.4 is 10.5 Å². The molecular weight excluding hydrogens is 304 g/mol. The summed E-state index contributed by atoms with van der Waals surface area (Å²) in [5.41, 5.74) is 5.50. The fraction of sp³-hybridized carbons (Fsp3) is 0. The lowest BCUT2D eigenvalue weighted by Gasteiger charge is -2.07. The summed E-state index contributed by atoms with van der Waals surface area (Å²) in [6.45, 7) is 0. The van der Waals surface area contributed by atoms with Crippen molar-refractivity contribution < 1.29 is 22.0 Å². The van der Waals surface area contributed by atoms with E-state index in [4.69, 9.17) is 5.73 Å². The van der Waals surface area contributed by atoms with E-state index in [2.05, 4.69) is 4.98 Å². The van der Waals surface area contributed by atoms with Gasteiger partial charge in [0.2, 0.25) is 0 Å². The fourth-order valence-corrected chi connectivity index (χ4v) is 2.39. The van der Waals surface area contributed by atoms with E-state index in [0.29, 0.717) is 17.8 Å². The Morgan fingerprint density at radius 1 is 1.14 bits per heavy atom. The number of benzene rings is 1. The molecule has 9 heteroatoms. The average molecular weight is 313 g/mol. The highest BCUT2D eigenvalue weighted by Crippen LogP contribution is 2.14. The second kappa shape index (κ2) is 5.44. The number of anilines is 1. The summed E-state index contributed by atoms with van der Waals surface area (Å²) in [6.07, 6.45) is 1.18. The molecule has 2 rings (SSSR count). The number of hydrogen-bond donors (Lipinski definition) is 2. The minimum absolute atomic E-state index is 0.185. The van der Waals surface area contributed by atoms with Crippen molar-refractivity contribution in [3.8, 4) is 0 Å². The van der Waals surface area contributed by atoms with Crippen LogP contribution >= 0.6 is 0 Å². The third-order valence-corrected chi connectivity index (χ3v) is 3.78. The average Bonchev–Trinajstić information content (AvgIpc) is 2.42. The Labute approximate surface area is 118 Å². The number of carbonyl (C=O) groups is 1. The molecule has 6 nitrogen and oxygen atoms in total. The lowest BCUT2D eigenvalue weighted by Crippen LogP contribution is -2.31. The van der Waals surface area contributed by atoms with Crippen molar-refractivity contribution in [3.63, 3.8) is 0 Å². The zero-order valence-electron chi connectivity index (χ0n) is 10.4. The van der Waals surface area contributed by atoms with Crippen molar-refractivity contribution in [1.29, 1.82) is 0 Å². The van der Waals surface area contributed by atoms with Crippen molar-refractivity contribution in [2.24, 2.45) is 0 Å². The zero-order valence-corrected chi connectivity index (χ0v) is 11.2. The van der Waals surface area contributed by atoms with Crippen molar-refractivity contribution >= 4 is 21.6 Å². The number of rotatable bonds is 3. The summed E-state index contributed by atoms with van der Waals surface area (Å²) in [5, 5.41) is 0. The Morgan fingerprint density at radius 2 is 1.86 bits per heavy atom. The number of nitrogens with two attached hydrogens (primary N) is 1. The van der Waals surface area contributed by atoms with Crippen LogP contribution in [0.15, 0.2) is 41.4 Å². The number of hydrogen-bond acceptors (Lipinski definition) is 5. The van der Waals surface area contributed by atoms with Gasteiger partial charge in [-0.15, -0.1) is 0 Å². The van der Waals surface area contributed by atoms with Crippen LogP contribution in [0.25, 0.3) is 0 Å². The summed E-state index contributed by atoms with van der Waals surface area (Å²) in [4.78, 5) is 14.8. The molecule has 0 spiro atoms. The number of sulfonamides is 1. The van der Waals surface area contributed by atoms with Gasteiger partial charge in [-0.3, -0.25) is 4.79 Å². The second-order valence-electron chi connectivity index (χ2n) is 3.99. The lowest BCUT2D eigenvalue weighted by molar-refractivity contribution is 0.0976. The Hall–Kier alpha value is -2.55. The number of aromatic nitrogens is 1. The third-order valence-electron chi connectivity index (χ3n) is 2.45. The smallest absolute Gasteiger partial charge is 0.283 e. The van der Waals surface area contributed by atoms with Crippen LogP contribution in [0.1, 0.15) is 10.5 Å². The highest BCUT2D eigenvalue weighted by atomic mass is 32.2. The first-order chi connectivity index (χ1) is 9.79. The normalized spacial score (nSPS) is 11.1. The molecule has 0 unspecified atom stereocenters. The number of nitrogens with zero attached hydrogens (tertiary/aromatic N) is 1. The fourth-order valence-electron chi connectivity index (χ4n) is 1.42. The summed E-state index contributed by atoms with van der Waals surface area (Å²) in [7, 11) is -4.33. The van der Waals surface area contributed by atoms with E-state index in [1.54, 1.807) is 4.72 Å². The van der Waals surface area contributed by atoms with E-state index < -0.39 is 32.5 Å². The van der Waals surface area contributed by atoms with Gasteiger partial charge in [0.1, 0.15) is 5.69 Å². The minimum Gasteiger partial charge on any atom is -0.397 e. The Kier molecular flexibility index (Phi) is 3.85. The molecular formula is C12H9F2N3O3S. The van der Waals surface area contributed by atoms with Crippen LogP contribution in [-0.2, 0) is 10.0 Å². The van der Waals surface area contributed by atoms with Crippen LogP contribution in [-0.4, -0.2) is 19.3 Å².